The maximum absolute atomic E-state index is 12.4. The number of benzene rings is 1. The number of aliphatic hydroxyl groups excluding tert-OH is 1. The van der Waals surface area contributed by atoms with E-state index in [-0.39, 0.29) is 18.2 Å². The molecule has 0 fully saturated rings. The Morgan fingerprint density at radius 3 is 2.38 bits per heavy atom. The fourth-order valence-corrected chi connectivity index (χ4v) is 0.996. The predicted octanol–water partition coefficient (Wildman–Crippen LogP) is 1.50. The van der Waals surface area contributed by atoms with E-state index in [9.17, 15) is 9.50 Å². The first kappa shape index (κ1) is 12.4. The summed E-state index contributed by atoms with van der Waals surface area (Å²) in [6, 6.07) is 5.84. The zero-order valence-electron chi connectivity index (χ0n) is 7.33. The summed E-state index contributed by atoms with van der Waals surface area (Å²) < 4.78 is 12.4. The molecule has 0 spiro atoms. The molecule has 1 unspecified atom stereocenters. The Kier molecular flexibility index (Phi) is 5.62. The van der Waals surface area contributed by atoms with Gasteiger partial charge in [-0.1, -0.05) is 12.1 Å². The molecule has 1 aromatic carbocycles. The first-order valence-electron chi connectivity index (χ1n) is 3.82. The van der Waals surface area contributed by atoms with Gasteiger partial charge in [-0.3, -0.25) is 0 Å². The molecule has 4 heteroatoms. The number of hydrogen-bond donors (Lipinski definition) is 2. The molecular formula is C9H13ClFNO. The molecule has 0 heterocycles. The van der Waals surface area contributed by atoms with E-state index in [2.05, 4.69) is 5.32 Å². The van der Waals surface area contributed by atoms with Crippen molar-refractivity contribution in [3.63, 3.8) is 0 Å². The molecule has 1 atom stereocenters. The van der Waals surface area contributed by atoms with Gasteiger partial charge in [0, 0.05) is 6.54 Å². The SMILES string of the molecule is CNCC(O)c1ccc(F)cc1.Cl. The highest BCUT2D eigenvalue weighted by atomic mass is 35.5. The van der Waals surface area contributed by atoms with E-state index in [0.29, 0.717) is 6.54 Å². The van der Waals surface area contributed by atoms with Gasteiger partial charge in [0.25, 0.3) is 0 Å². The van der Waals surface area contributed by atoms with E-state index in [0.717, 1.165) is 5.56 Å². The predicted molar refractivity (Wildman–Crippen MR) is 52.5 cm³/mol. The van der Waals surface area contributed by atoms with E-state index in [4.69, 9.17) is 0 Å². The van der Waals surface area contributed by atoms with Crippen LogP contribution in [0.1, 0.15) is 11.7 Å². The van der Waals surface area contributed by atoms with Crippen molar-refractivity contribution in [3.05, 3.63) is 35.6 Å². The van der Waals surface area contributed by atoms with E-state index < -0.39 is 6.10 Å². The minimum atomic E-state index is -0.560. The molecule has 0 aliphatic heterocycles. The normalized spacial score (nSPS) is 11.9. The number of nitrogens with one attached hydrogen (secondary N) is 1. The molecule has 0 radical (unpaired) electrons. The van der Waals surface area contributed by atoms with Crippen LogP contribution in [0, 0.1) is 5.82 Å². The Labute approximate surface area is 83.2 Å². The fourth-order valence-electron chi connectivity index (χ4n) is 0.996. The van der Waals surface area contributed by atoms with Crippen molar-refractivity contribution >= 4 is 12.4 Å². The molecule has 1 aromatic rings. The summed E-state index contributed by atoms with van der Waals surface area (Å²) in [5, 5.41) is 12.3. The van der Waals surface area contributed by atoms with Crippen molar-refractivity contribution < 1.29 is 9.50 Å². The summed E-state index contributed by atoms with van der Waals surface area (Å²) in [6.45, 7) is 0.478. The van der Waals surface area contributed by atoms with Gasteiger partial charge in [-0.05, 0) is 24.7 Å². The van der Waals surface area contributed by atoms with Crippen molar-refractivity contribution in [2.75, 3.05) is 13.6 Å². The van der Waals surface area contributed by atoms with Crippen LogP contribution < -0.4 is 5.32 Å². The van der Waals surface area contributed by atoms with Crippen LogP contribution in [0.2, 0.25) is 0 Å². The van der Waals surface area contributed by atoms with Crippen LogP contribution in [0.5, 0.6) is 0 Å². The minimum absolute atomic E-state index is 0. The van der Waals surface area contributed by atoms with Gasteiger partial charge in [0.05, 0.1) is 6.10 Å². The second-order valence-electron chi connectivity index (χ2n) is 2.63. The Morgan fingerprint density at radius 1 is 1.38 bits per heavy atom. The molecule has 0 aliphatic rings. The first-order chi connectivity index (χ1) is 5.74. The molecule has 0 saturated heterocycles. The third-order valence-corrected chi connectivity index (χ3v) is 1.65. The zero-order chi connectivity index (χ0) is 8.97. The lowest BCUT2D eigenvalue weighted by Gasteiger charge is -2.09. The second kappa shape index (κ2) is 5.91. The standard InChI is InChI=1S/C9H12FNO.ClH/c1-11-6-9(12)7-2-4-8(10)5-3-7;/h2-5,9,11-12H,6H2,1H3;1H. The van der Waals surface area contributed by atoms with E-state index in [1.165, 1.54) is 12.1 Å². The van der Waals surface area contributed by atoms with Gasteiger partial charge < -0.3 is 10.4 Å². The molecule has 2 N–H and O–H groups in total. The molecule has 0 amide bonds. The van der Waals surface area contributed by atoms with Gasteiger partial charge in [-0.25, -0.2) is 4.39 Å². The smallest absolute Gasteiger partial charge is 0.123 e. The number of halogens is 2. The number of likely N-dealkylation sites (N-methyl/N-ethyl adjacent to an activating group) is 1. The van der Waals surface area contributed by atoms with Crippen molar-refractivity contribution in [1.82, 2.24) is 5.32 Å². The maximum atomic E-state index is 12.4. The van der Waals surface area contributed by atoms with Gasteiger partial charge in [-0.2, -0.15) is 0 Å². The van der Waals surface area contributed by atoms with E-state index >= 15 is 0 Å². The van der Waals surface area contributed by atoms with Crippen LogP contribution >= 0.6 is 12.4 Å². The van der Waals surface area contributed by atoms with Gasteiger partial charge in [0.1, 0.15) is 5.82 Å². The highest BCUT2D eigenvalue weighted by Gasteiger charge is 2.04. The molecule has 0 bridgehead atoms. The summed E-state index contributed by atoms with van der Waals surface area (Å²) in [5.74, 6) is -0.282. The molecule has 1 rings (SSSR count). The lowest BCUT2D eigenvalue weighted by molar-refractivity contribution is 0.177. The molecular weight excluding hydrogens is 193 g/mol. The van der Waals surface area contributed by atoms with Crippen LogP contribution in [0.25, 0.3) is 0 Å². The Balaban J connectivity index is 0.00000144. The lowest BCUT2D eigenvalue weighted by atomic mass is 10.1. The van der Waals surface area contributed by atoms with Crippen LogP contribution in [0.15, 0.2) is 24.3 Å². The molecule has 74 valence electrons. The van der Waals surface area contributed by atoms with Gasteiger partial charge >= 0.3 is 0 Å². The molecule has 13 heavy (non-hydrogen) atoms. The molecule has 2 nitrogen and oxygen atoms in total. The van der Waals surface area contributed by atoms with Crippen LogP contribution in [0.3, 0.4) is 0 Å². The lowest BCUT2D eigenvalue weighted by Crippen LogP contribution is -2.16. The van der Waals surface area contributed by atoms with Crippen LogP contribution in [-0.2, 0) is 0 Å². The highest BCUT2D eigenvalue weighted by molar-refractivity contribution is 5.85. The Bertz CT molecular complexity index is 240. The minimum Gasteiger partial charge on any atom is -0.387 e. The van der Waals surface area contributed by atoms with Crippen molar-refractivity contribution in [3.8, 4) is 0 Å². The second-order valence-corrected chi connectivity index (χ2v) is 2.63. The molecule has 0 aliphatic carbocycles. The van der Waals surface area contributed by atoms with E-state index in [1.54, 1.807) is 19.2 Å². The van der Waals surface area contributed by atoms with Crippen LogP contribution in [0.4, 0.5) is 4.39 Å². The average molecular weight is 206 g/mol. The summed E-state index contributed by atoms with van der Waals surface area (Å²) in [6.07, 6.45) is -0.560. The Morgan fingerprint density at radius 2 is 1.92 bits per heavy atom. The Hall–Kier alpha value is -0.640. The highest BCUT2D eigenvalue weighted by Crippen LogP contribution is 2.11. The van der Waals surface area contributed by atoms with Crippen LogP contribution in [-0.4, -0.2) is 18.7 Å². The summed E-state index contributed by atoms with van der Waals surface area (Å²) in [5.41, 5.74) is 0.728. The quantitative estimate of drug-likeness (QED) is 0.784. The monoisotopic (exact) mass is 205 g/mol. The summed E-state index contributed by atoms with van der Waals surface area (Å²) in [4.78, 5) is 0. The van der Waals surface area contributed by atoms with Gasteiger partial charge in [-0.15, -0.1) is 12.4 Å². The summed E-state index contributed by atoms with van der Waals surface area (Å²) in [7, 11) is 1.76. The molecule has 0 aromatic heterocycles. The van der Waals surface area contributed by atoms with Gasteiger partial charge in [0.15, 0.2) is 0 Å². The zero-order valence-corrected chi connectivity index (χ0v) is 8.14. The van der Waals surface area contributed by atoms with Crippen molar-refractivity contribution in [2.24, 2.45) is 0 Å². The first-order valence-corrected chi connectivity index (χ1v) is 3.82. The number of hydrogen-bond acceptors (Lipinski definition) is 2. The maximum Gasteiger partial charge on any atom is 0.123 e. The largest absolute Gasteiger partial charge is 0.387 e. The van der Waals surface area contributed by atoms with E-state index in [1.807, 2.05) is 0 Å². The number of rotatable bonds is 3. The number of aliphatic hydroxyl groups is 1. The van der Waals surface area contributed by atoms with Gasteiger partial charge in [0.2, 0.25) is 0 Å². The average Bonchev–Trinajstić information content (AvgIpc) is 2.06. The molecule has 0 saturated carbocycles. The van der Waals surface area contributed by atoms with Crippen molar-refractivity contribution in [2.45, 2.75) is 6.10 Å². The fraction of sp³-hybridized carbons (Fsp3) is 0.333. The topological polar surface area (TPSA) is 32.3 Å². The van der Waals surface area contributed by atoms with Crippen molar-refractivity contribution in [1.29, 1.82) is 0 Å². The third-order valence-electron chi connectivity index (χ3n) is 1.65. The summed E-state index contributed by atoms with van der Waals surface area (Å²) >= 11 is 0. The third kappa shape index (κ3) is 3.72.